The number of benzene rings is 1. The van der Waals surface area contributed by atoms with Crippen LogP contribution in [0.15, 0.2) is 18.2 Å². The highest BCUT2D eigenvalue weighted by atomic mass is 16.5. The third-order valence-corrected chi connectivity index (χ3v) is 7.07. The van der Waals surface area contributed by atoms with Crippen molar-refractivity contribution >= 4 is 6.09 Å². The molecule has 1 aromatic carbocycles. The zero-order valence-electron chi connectivity index (χ0n) is 20.1. The fraction of sp³-hybridized carbons (Fsp3) is 0.720. The van der Waals surface area contributed by atoms with Crippen molar-refractivity contribution in [1.29, 1.82) is 0 Å². The molecule has 2 atom stereocenters. The van der Waals surface area contributed by atoms with E-state index in [1.807, 2.05) is 0 Å². The summed E-state index contributed by atoms with van der Waals surface area (Å²) in [5, 5.41) is 9.62. The summed E-state index contributed by atoms with van der Waals surface area (Å²) < 4.78 is 5.58. The Labute approximate surface area is 188 Å². The van der Waals surface area contributed by atoms with Crippen LogP contribution >= 0.6 is 0 Å². The van der Waals surface area contributed by atoms with Crippen molar-refractivity contribution in [3.63, 3.8) is 0 Å². The molecule has 1 aliphatic heterocycles. The summed E-state index contributed by atoms with van der Waals surface area (Å²) in [7, 11) is 1.76. The average Bonchev–Trinajstić information content (AvgIpc) is 2.74. The molecule has 1 N–H and O–H groups in total. The Morgan fingerprint density at radius 3 is 2.68 bits per heavy atom. The Hall–Kier alpha value is -1.79. The summed E-state index contributed by atoms with van der Waals surface area (Å²) in [4.78, 5) is 18.5. The summed E-state index contributed by atoms with van der Waals surface area (Å²) >= 11 is 0. The molecule has 1 saturated heterocycles. The van der Waals surface area contributed by atoms with Gasteiger partial charge in [0.1, 0.15) is 5.75 Å². The van der Waals surface area contributed by atoms with Gasteiger partial charge in [-0.25, -0.2) is 4.79 Å². The smallest absolute Gasteiger partial charge is 0.407 e. The van der Waals surface area contributed by atoms with E-state index in [4.69, 9.17) is 4.74 Å². The normalized spacial score (nSPS) is 22.5. The number of fused-ring (bicyclic) bond motifs is 1. The van der Waals surface area contributed by atoms with Gasteiger partial charge in [-0.05, 0) is 54.8 Å². The minimum absolute atomic E-state index is 0.0346. The zero-order chi connectivity index (χ0) is 22.6. The van der Waals surface area contributed by atoms with Crippen LogP contribution < -0.4 is 4.74 Å². The lowest BCUT2D eigenvalue weighted by molar-refractivity contribution is 0.0167. The van der Waals surface area contributed by atoms with Crippen molar-refractivity contribution in [2.45, 2.75) is 65.5 Å². The molecule has 3 rings (SSSR count). The fourth-order valence-corrected chi connectivity index (χ4v) is 5.30. The van der Waals surface area contributed by atoms with E-state index < -0.39 is 6.09 Å². The number of hydrogen-bond acceptors (Lipinski definition) is 4. The summed E-state index contributed by atoms with van der Waals surface area (Å²) in [6, 6.07) is 7.04. The maximum atomic E-state index is 11.7. The highest BCUT2D eigenvalue weighted by Crippen LogP contribution is 2.32. The number of ether oxygens (including phenoxy) is 1. The van der Waals surface area contributed by atoms with Gasteiger partial charge >= 0.3 is 6.09 Å². The predicted octanol–water partition coefficient (Wildman–Crippen LogP) is 3.97. The molecule has 6 heteroatoms. The van der Waals surface area contributed by atoms with Crippen LogP contribution in [0, 0.1) is 5.41 Å². The Bertz CT molecular complexity index is 746. The molecule has 1 fully saturated rings. The van der Waals surface area contributed by atoms with Gasteiger partial charge in [0.05, 0.1) is 13.2 Å². The molecule has 0 spiro atoms. The first-order valence-corrected chi connectivity index (χ1v) is 11.8. The van der Waals surface area contributed by atoms with Gasteiger partial charge in [-0.3, -0.25) is 9.80 Å². The van der Waals surface area contributed by atoms with Gasteiger partial charge in [-0.2, -0.15) is 0 Å². The van der Waals surface area contributed by atoms with Crippen molar-refractivity contribution in [2.75, 3.05) is 46.4 Å². The molecule has 1 heterocycles. The van der Waals surface area contributed by atoms with E-state index in [9.17, 15) is 9.90 Å². The van der Waals surface area contributed by atoms with Crippen molar-refractivity contribution < 1.29 is 14.6 Å². The third kappa shape index (κ3) is 5.72. The summed E-state index contributed by atoms with van der Waals surface area (Å²) in [6.07, 6.45) is 3.70. The van der Waals surface area contributed by atoms with Crippen LogP contribution in [-0.4, -0.2) is 84.4 Å². The lowest BCUT2D eigenvalue weighted by Gasteiger charge is -2.46. The number of methoxy groups -OCH3 is 1. The standard InChI is InChI=1S/C25H41N3O3/c1-6-12-27(20-10-11-21-19(17-20)8-7-9-22(21)31-5)15-13-26-14-16-28(24(29)30)23(18-26)25(2,3)4/h7-9,20,23H,6,10-18H2,1-5H3,(H,29,30). The Morgan fingerprint density at radius 2 is 2.03 bits per heavy atom. The molecule has 0 aromatic heterocycles. The number of carboxylic acid groups (broad SMARTS) is 1. The lowest BCUT2D eigenvalue weighted by atomic mass is 9.84. The molecule has 2 unspecified atom stereocenters. The van der Waals surface area contributed by atoms with Gasteiger partial charge in [0.25, 0.3) is 0 Å². The fourth-order valence-electron chi connectivity index (χ4n) is 5.30. The van der Waals surface area contributed by atoms with E-state index in [0.29, 0.717) is 12.6 Å². The Balaban J connectivity index is 1.63. The number of piperazine rings is 1. The number of amides is 1. The molecule has 31 heavy (non-hydrogen) atoms. The third-order valence-electron chi connectivity index (χ3n) is 7.07. The van der Waals surface area contributed by atoms with Gasteiger partial charge in [-0.15, -0.1) is 0 Å². The van der Waals surface area contributed by atoms with E-state index in [1.54, 1.807) is 12.0 Å². The first-order chi connectivity index (χ1) is 14.7. The second kappa shape index (κ2) is 10.2. The van der Waals surface area contributed by atoms with Crippen LogP contribution in [0.3, 0.4) is 0 Å². The van der Waals surface area contributed by atoms with Crippen molar-refractivity contribution in [1.82, 2.24) is 14.7 Å². The van der Waals surface area contributed by atoms with Crippen molar-refractivity contribution in [2.24, 2.45) is 5.41 Å². The Morgan fingerprint density at radius 1 is 1.26 bits per heavy atom. The molecule has 2 aliphatic rings. The lowest BCUT2D eigenvalue weighted by Crippen LogP contribution is -2.60. The zero-order valence-corrected chi connectivity index (χ0v) is 20.1. The summed E-state index contributed by atoms with van der Waals surface area (Å²) in [5.41, 5.74) is 2.75. The van der Waals surface area contributed by atoms with Gasteiger partial charge in [0, 0.05) is 38.8 Å². The van der Waals surface area contributed by atoms with Gasteiger partial charge in [0.15, 0.2) is 0 Å². The highest BCUT2D eigenvalue weighted by Gasteiger charge is 2.38. The van der Waals surface area contributed by atoms with Crippen molar-refractivity contribution in [3.05, 3.63) is 29.3 Å². The molecule has 1 aromatic rings. The summed E-state index contributed by atoms with van der Waals surface area (Å²) in [5.74, 6) is 1.03. The van der Waals surface area contributed by atoms with Crippen LogP contribution in [0.25, 0.3) is 0 Å². The maximum Gasteiger partial charge on any atom is 0.407 e. The average molecular weight is 432 g/mol. The second-order valence-corrected chi connectivity index (χ2v) is 10.2. The van der Waals surface area contributed by atoms with E-state index >= 15 is 0 Å². The predicted molar refractivity (Wildman–Crippen MR) is 125 cm³/mol. The van der Waals surface area contributed by atoms with Crippen LogP contribution in [0.4, 0.5) is 4.79 Å². The van der Waals surface area contributed by atoms with E-state index in [0.717, 1.165) is 57.7 Å². The monoisotopic (exact) mass is 431 g/mol. The van der Waals surface area contributed by atoms with E-state index in [2.05, 4.69) is 55.7 Å². The number of carbonyl (C=O) groups is 1. The molecule has 0 radical (unpaired) electrons. The topological polar surface area (TPSA) is 56.2 Å². The molecule has 1 aliphatic carbocycles. The number of hydrogen-bond donors (Lipinski definition) is 1. The first-order valence-electron chi connectivity index (χ1n) is 11.8. The molecule has 174 valence electrons. The summed E-state index contributed by atoms with van der Waals surface area (Å²) in [6.45, 7) is 14.1. The maximum absolute atomic E-state index is 11.7. The minimum Gasteiger partial charge on any atom is -0.496 e. The minimum atomic E-state index is -0.788. The van der Waals surface area contributed by atoms with Crippen LogP contribution in [0.1, 0.15) is 51.7 Å². The molecular formula is C25H41N3O3. The van der Waals surface area contributed by atoms with Gasteiger partial charge in [0.2, 0.25) is 0 Å². The van der Waals surface area contributed by atoms with Gasteiger partial charge in [-0.1, -0.05) is 39.8 Å². The van der Waals surface area contributed by atoms with Gasteiger partial charge < -0.3 is 14.7 Å². The quantitative estimate of drug-likeness (QED) is 0.708. The molecule has 0 bridgehead atoms. The number of rotatable bonds is 7. The first kappa shape index (κ1) is 23.9. The Kier molecular flexibility index (Phi) is 7.87. The SMILES string of the molecule is CCCN(CCN1CCN(C(=O)O)C(C(C)(C)C)C1)C1CCc2c(cccc2OC)C1. The molecule has 6 nitrogen and oxygen atoms in total. The van der Waals surface area contributed by atoms with Crippen molar-refractivity contribution in [3.8, 4) is 5.75 Å². The second-order valence-electron chi connectivity index (χ2n) is 10.2. The highest BCUT2D eigenvalue weighted by molar-refractivity contribution is 5.65. The molecular weight excluding hydrogens is 390 g/mol. The van der Waals surface area contributed by atoms with E-state index in [1.165, 1.54) is 17.5 Å². The molecule has 1 amide bonds. The van der Waals surface area contributed by atoms with Crippen LogP contribution in [-0.2, 0) is 12.8 Å². The number of nitrogens with zero attached hydrogens (tertiary/aromatic N) is 3. The van der Waals surface area contributed by atoms with E-state index in [-0.39, 0.29) is 11.5 Å². The van der Waals surface area contributed by atoms with Crippen LogP contribution in [0.2, 0.25) is 0 Å². The molecule has 0 saturated carbocycles. The largest absolute Gasteiger partial charge is 0.496 e. The van der Waals surface area contributed by atoms with Crippen LogP contribution in [0.5, 0.6) is 5.75 Å².